The first-order chi connectivity index (χ1) is 13.3. The van der Waals surface area contributed by atoms with E-state index < -0.39 is 22.0 Å². The van der Waals surface area contributed by atoms with Crippen LogP contribution in [0.4, 0.5) is 16.3 Å². The van der Waals surface area contributed by atoms with Gasteiger partial charge >= 0.3 is 6.03 Å². The second-order valence-electron chi connectivity index (χ2n) is 6.13. The summed E-state index contributed by atoms with van der Waals surface area (Å²) in [5, 5.41) is 10.1. The standard InChI is InChI=1S/C17H18ClN5O4S/c18-13-9-12(28(19,26)27)5-6-14(13)22-15(24)10-21-17(25)23-8-2-4-11-3-1-7-20-16(11)23/h1,3,5-7,9H,2,4,8,10H2,(H,21,25)(H,22,24)(H2,19,26,27). The summed E-state index contributed by atoms with van der Waals surface area (Å²) in [5.74, 6) is 0.0742. The van der Waals surface area contributed by atoms with Crippen LogP contribution in [0.15, 0.2) is 41.4 Å². The van der Waals surface area contributed by atoms with E-state index in [0.29, 0.717) is 12.4 Å². The van der Waals surface area contributed by atoms with Gasteiger partial charge in [-0.25, -0.2) is 23.3 Å². The summed E-state index contributed by atoms with van der Waals surface area (Å²) < 4.78 is 22.6. The molecule has 0 bridgehead atoms. The molecule has 0 fully saturated rings. The summed E-state index contributed by atoms with van der Waals surface area (Å²) in [7, 11) is -3.89. The number of rotatable bonds is 4. The largest absolute Gasteiger partial charge is 0.329 e. The van der Waals surface area contributed by atoms with Crippen molar-refractivity contribution in [3.05, 3.63) is 47.1 Å². The van der Waals surface area contributed by atoms with Crippen LogP contribution in [0.5, 0.6) is 0 Å². The zero-order chi connectivity index (χ0) is 20.3. The number of halogens is 1. The highest BCUT2D eigenvalue weighted by Gasteiger charge is 2.23. The molecule has 3 amide bonds. The molecule has 28 heavy (non-hydrogen) atoms. The number of amides is 3. The smallest absolute Gasteiger partial charge is 0.323 e. The molecule has 3 rings (SSSR count). The van der Waals surface area contributed by atoms with Crippen LogP contribution in [0.3, 0.4) is 0 Å². The van der Waals surface area contributed by atoms with Crippen molar-refractivity contribution in [3.8, 4) is 0 Å². The van der Waals surface area contributed by atoms with Crippen molar-refractivity contribution in [3.63, 3.8) is 0 Å². The van der Waals surface area contributed by atoms with Gasteiger partial charge in [0, 0.05) is 12.7 Å². The van der Waals surface area contributed by atoms with Crippen LogP contribution < -0.4 is 20.7 Å². The Kier molecular flexibility index (Phi) is 5.82. The van der Waals surface area contributed by atoms with Gasteiger partial charge in [0.15, 0.2) is 0 Å². The lowest BCUT2D eigenvalue weighted by molar-refractivity contribution is -0.115. The van der Waals surface area contributed by atoms with Gasteiger partial charge in [-0.3, -0.25) is 9.69 Å². The molecule has 1 aliphatic rings. The second-order valence-corrected chi connectivity index (χ2v) is 8.10. The molecule has 1 aliphatic heterocycles. The van der Waals surface area contributed by atoms with Gasteiger partial charge in [0.1, 0.15) is 5.82 Å². The minimum Gasteiger partial charge on any atom is -0.329 e. The summed E-state index contributed by atoms with van der Waals surface area (Å²) in [4.78, 5) is 30.1. The molecule has 0 spiro atoms. The number of hydrogen-bond donors (Lipinski definition) is 3. The number of fused-ring (bicyclic) bond motifs is 1. The van der Waals surface area contributed by atoms with Gasteiger partial charge < -0.3 is 10.6 Å². The van der Waals surface area contributed by atoms with E-state index in [1.165, 1.54) is 17.0 Å². The summed E-state index contributed by atoms with van der Waals surface area (Å²) in [5.41, 5.74) is 1.19. The van der Waals surface area contributed by atoms with Gasteiger partial charge in [0.25, 0.3) is 0 Å². The van der Waals surface area contributed by atoms with Crippen molar-refractivity contribution in [2.45, 2.75) is 17.7 Å². The summed E-state index contributed by atoms with van der Waals surface area (Å²) in [6.07, 6.45) is 3.27. The van der Waals surface area contributed by atoms with Crippen molar-refractivity contribution in [2.24, 2.45) is 5.14 Å². The summed E-state index contributed by atoms with van der Waals surface area (Å²) in [6.45, 7) is 0.225. The zero-order valence-corrected chi connectivity index (χ0v) is 16.3. The minimum absolute atomic E-state index is 0.0142. The number of carbonyl (C=O) groups is 2. The van der Waals surface area contributed by atoms with Crippen LogP contribution >= 0.6 is 11.6 Å². The van der Waals surface area contributed by atoms with Crippen LogP contribution in [-0.2, 0) is 21.2 Å². The van der Waals surface area contributed by atoms with Gasteiger partial charge in [-0.05, 0) is 42.7 Å². The van der Waals surface area contributed by atoms with Crippen molar-refractivity contribution >= 4 is 45.1 Å². The van der Waals surface area contributed by atoms with Gasteiger partial charge in [0.2, 0.25) is 15.9 Å². The molecule has 2 aromatic rings. The van der Waals surface area contributed by atoms with E-state index in [1.807, 2.05) is 12.1 Å². The van der Waals surface area contributed by atoms with Crippen molar-refractivity contribution in [2.75, 3.05) is 23.3 Å². The molecular formula is C17H18ClN5O4S. The predicted molar refractivity (Wildman–Crippen MR) is 105 cm³/mol. The normalized spacial score (nSPS) is 13.6. The third-order valence-corrected chi connectivity index (χ3v) is 5.36. The Labute approximate surface area is 166 Å². The van der Waals surface area contributed by atoms with E-state index in [9.17, 15) is 18.0 Å². The van der Waals surface area contributed by atoms with E-state index in [0.717, 1.165) is 24.5 Å². The van der Waals surface area contributed by atoms with Crippen molar-refractivity contribution < 1.29 is 18.0 Å². The minimum atomic E-state index is -3.89. The molecule has 0 saturated heterocycles. The van der Waals surface area contributed by atoms with Gasteiger partial charge in [-0.2, -0.15) is 0 Å². The number of pyridine rings is 1. The lowest BCUT2D eigenvalue weighted by Crippen LogP contribution is -2.45. The monoisotopic (exact) mass is 423 g/mol. The Morgan fingerprint density at radius 2 is 2.07 bits per heavy atom. The Morgan fingerprint density at radius 3 is 2.79 bits per heavy atom. The van der Waals surface area contributed by atoms with E-state index in [1.54, 1.807) is 6.20 Å². The van der Waals surface area contributed by atoms with Crippen molar-refractivity contribution in [1.29, 1.82) is 0 Å². The number of aryl methyl sites for hydroxylation is 1. The average Bonchev–Trinajstić information content (AvgIpc) is 2.66. The molecule has 9 nitrogen and oxygen atoms in total. The Balaban J connectivity index is 1.60. The number of nitrogens with zero attached hydrogens (tertiary/aromatic N) is 2. The fourth-order valence-corrected chi connectivity index (χ4v) is 3.65. The lowest BCUT2D eigenvalue weighted by atomic mass is 10.1. The van der Waals surface area contributed by atoms with Crippen LogP contribution in [0, 0.1) is 0 Å². The number of hydrogen-bond acceptors (Lipinski definition) is 5. The number of anilines is 2. The van der Waals surface area contributed by atoms with Crippen LogP contribution in [0.2, 0.25) is 5.02 Å². The Bertz CT molecular complexity index is 1030. The predicted octanol–water partition coefficient (Wildman–Crippen LogP) is 1.48. The first-order valence-electron chi connectivity index (χ1n) is 8.37. The highest BCUT2D eigenvalue weighted by Crippen LogP contribution is 2.25. The number of carbonyl (C=O) groups excluding carboxylic acids is 2. The summed E-state index contributed by atoms with van der Waals surface area (Å²) in [6, 6.07) is 7.01. The maximum Gasteiger partial charge on any atom is 0.323 e. The average molecular weight is 424 g/mol. The molecule has 0 unspecified atom stereocenters. The van der Waals surface area contributed by atoms with Gasteiger partial charge in [-0.1, -0.05) is 17.7 Å². The highest BCUT2D eigenvalue weighted by molar-refractivity contribution is 7.89. The fourth-order valence-electron chi connectivity index (χ4n) is 2.82. The molecular weight excluding hydrogens is 406 g/mol. The molecule has 11 heteroatoms. The third kappa shape index (κ3) is 4.58. The highest BCUT2D eigenvalue weighted by atomic mass is 35.5. The van der Waals surface area contributed by atoms with E-state index >= 15 is 0 Å². The van der Waals surface area contributed by atoms with Gasteiger partial charge in [-0.15, -0.1) is 0 Å². The number of nitrogens with one attached hydrogen (secondary N) is 2. The number of benzene rings is 1. The van der Waals surface area contributed by atoms with E-state index in [4.69, 9.17) is 16.7 Å². The van der Waals surface area contributed by atoms with Crippen LogP contribution in [0.1, 0.15) is 12.0 Å². The first kappa shape index (κ1) is 20.1. The maximum atomic E-state index is 12.4. The first-order valence-corrected chi connectivity index (χ1v) is 10.3. The molecule has 2 heterocycles. The van der Waals surface area contributed by atoms with Gasteiger partial charge in [0.05, 0.1) is 22.2 Å². The van der Waals surface area contributed by atoms with Crippen LogP contribution in [-0.4, -0.2) is 38.4 Å². The topological polar surface area (TPSA) is 134 Å². The zero-order valence-electron chi connectivity index (χ0n) is 14.7. The molecule has 0 radical (unpaired) electrons. The van der Waals surface area contributed by atoms with E-state index in [2.05, 4.69) is 15.6 Å². The molecule has 148 valence electrons. The Hall–Kier alpha value is -2.69. The molecule has 4 N–H and O–H groups in total. The molecule has 0 saturated carbocycles. The molecule has 1 aromatic carbocycles. The molecule has 0 aliphatic carbocycles. The molecule has 0 atom stereocenters. The maximum absolute atomic E-state index is 12.4. The van der Waals surface area contributed by atoms with E-state index in [-0.39, 0.29) is 22.2 Å². The SMILES string of the molecule is NS(=O)(=O)c1ccc(NC(=O)CNC(=O)N2CCCc3cccnc32)c(Cl)c1. The fraction of sp³-hybridized carbons (Fsp3) is 0.235. The lowest BCUT2D eigenvalue weighted by Gasteiger charge is -2.28. The number of sulfonamides is 1. The Morgan fingerprint density at radius 1 is 1.29 bits per heavy atom. The van der Waals surface area contributed by atoms with Crippen molar-refractivity contribution in [1.82, 2.24) is 10.3 Å². The summed E-state index contributed by atoms with van der Waals surface area (Å²) >= 11 is 5.98. The number of aromatic nitrogens is 1. The number of primary sulfonamides is 1. The van der Waals surface area contributed by atoms with Crippen LogP contribution in [0.25, 0.3) is 0 Å². The number of urea groups is 1. The second kappa shape index (κ2) is 8.13. The quantitative estimate of drug-likeness (QED) is 0.684. The number of nitrogens with two attached hydrogens (primary N) is 1. The molecule has 1 aromatic heterocycles. The third-order valence-electron chi connectivity index (χ3n) is 4.14.